The Hall–Kier alpha value is -4.31. The molecular weight excluding hydrogens is 630 g/mol. The second-order valence-corrected chi connectivity index (χ2v) is 11.7. The van der Waals surface area contributed by atoms with Crippen LogP contribution in [0.25, 0.3) is 0 Å². The van der Waals surface area contributed by atoms with Crippen molar-refractivity contribution in [2.24, 2.45) is 0 Å². The van der Waals surface area contributed by atoms with Gasteiger partial charge in [0.15, 0.2) is 23.0 Å². The lowest BCUT2D eigenvalue weighted by Crippen LogP contribution is -2.08. The van der Waals surface area contributed by atoms with Crippen LogP contribution in [0.2, 0.25) is 5.02 Å². The fourth-order valence-electron chi connectivity index (χ4n) is 4.76. The third-order valence-electron chi connectivity index (χ3n) is 6.99. The lowest BCUT2D eigenvalue weighted by molar-refractivity contribution is 0.375. The molecule has 2 aliphatic rings. The highest BCUT2D eigenvalue weighted by molar-refractivity contribution is 6.34. The summed E-state index contributed by atoms with van der Waals surface area (Å²) in [7, 11) is 1.73. The minimum atomic E-state index is -0.358. The molecule has 0 spiro atoms. The molecule has 0 unspecified atom stereocenters. The first-order valence-corrected chi connectivity index (χ1v) is 14.5. The number of fused-ring (bicyclic) bond motifs is 6. The number of hydrogen-bond donors (Lipinski definition) is 6. The molecule has 4 aromatic carbocycles. The van der Waals surface area contributed by atoms with Gasteiger partial charge in [0.25, 0.3) is 0 Å². The van der Waals surface area contributed by atoms with E-state index >= 15 is 0 Å². The van der Waals surface area contributed by atoms with Gasteiger partial charge in [-0.1, -0.05) is 47.0 Å². The summed E-state index contributed by atoms with van der Waals surface area (Å²) in [5.74, 6) is -1.13. The smallest absolute Gasteiger partial charge is 0.210 e. The van der Waals surface area contributed by atoms with Crippen LogP contribution in [0.1, 0.15) is 22.3 Å². The molecule has 12 heteroatoms. The van der Waals surface area contributed by atoms with E-state index in [2.05, 4.69) is 0 Å². The highest BCUT2D eigenvalue weighted by atomic mass is 35.5. The molecule has 0 aliphatic carbocycles. The van der Waals surface area contributed by atoms with Gasteiger partial charge in [-0.25, -0.2) is 0 Å². The van der Waals surface area contributed by atoms with Gasteiger partial charge in [-0.05, 0) is 60.3 Å². The molecule has 44 heavy (non-hydrogen) atoms. The van der Waals surface area contributed by atoms with Crippen molar-refractivity contribution in [3.05, 3.63) is 98.0 Å². The van der Waals surface area contributed by atoms with Gasteiger partial charge in [0.2, 0.25) is 5.75 Å². The Bertz CT molecular complexity index is 1810. The summed E-state index contributed by atoms with van der Waals surface area (Å²) in [5, 5.41) is 64.1. The van der Waals surface area contributed by atoms with Crippen molar-refractivity contribution >= 4 is 48.1 Å². The molecule has 0 amide bonds. The Morgan fingerprint density at radius 2 is 1.09 bits per heavy atom. The summed E-state index contributed by atoms with van der Waals surface area (Å²) in [4.78, 5) is 0. The second kappa shape index (κ2) is 12.7. The Morgan fingerprint density at radius 1 is 0.545 bits per heavy atom. The molecule has 0 radical (unpaired) electrons. The van der Waals surface area contributed by atoms with E-state index in [0.29, 0.717) is 43.5 Å². The predicted octanol–water partition coefficient (Wildman–Crippen LogP) is 6.55. The molecule has 4 aromatic rings. The first kappa shape index (κ1) is 31.1. The van der Waals surface area contributed by atoms with Crippen molar-refractivity contribution in [3.8, 4) is 57.5 Å². The fourth-order valence-corrected chi connectivity index (χ4v) is 5.41. The predicted molar refractivity (Wildman–Crippen MR) is 172 cm³/mol. The Balaban J connectivity index is 1.63. The summed E-state index contributed by atoms with van der Waals surface area (Å²) in [5.41, 5.74) is 2.30. The molecule has 0 aromatic heterocycles. The fraction of sp³-hybridized carbons (Fsp3) is 0.125. The van der Waals surface area contributed by atoms with Gasteiger partial charge in [0, 0.05) is 51.7 Å². The Labute approximate surface area is 268 Å². The lowest BCUT2D eigenvalue weighted by atomic mass is 9.92. The number of halogens is 3. The van der Waals surface area contributed by atoms with Gasteiger partial charge in [0.05, 0.1) is 5.02 Å². The minimum absolute atomic E-state index is 0.00747. The first-order chi connectivity index (χ1) is 20.9. The molecule has 6 bridgehead atoms. The van der Waals surface area contributed by atoms with Crippen molar-refractivity contribution < 1.29 is 40.1 Å². The summed E-state index contributed by atoms with van der Waals surface area (Å²) < 4.78 is 11.9. The van der Waals surface area contributed by atoms with Gasteiger partial charge < -0.3 is 40.1 Å². The van der Waals surface area contributed by atoms with Crippen LogP contribution in [0.5, 0.6) is 57.5 Å². The largest absolute Gasteiger partial charge is 0.508 e. The molecule has 6 N–H and O–H groups in total. The van der Waals surface area contributed by atoms with Crippen LogP contribution in [0.15, 0.2) is 70.7 Å². The van der Waals surface area contributed by atoms with Gasteiger partial charge in [-0.15, -0.1) is 0 Å². The maximum absolute atomic E-state index is 10.7. The number of rotatable bonds is 0. The third kappa shape index (κ3) is 6.91. The topological polar surface area (TPSA) is 140 Å². The number of phenolic OH excluding ortho intramolecular Hbond substituents is 6. The number of phenols is 6. The van der Waals surface area contributed by atoms with E-state index in [-0.39, 0.29) is 82.5 Å². The maximum Gasteiger partial charge on any atom is 0.210 e. The highest BCUT2D eigenvalue weighted by Gasteiger charge is 2.19. The average molecular weight is 656 g/mol. The molecule has 8 nitrogen and oxygen atoms in total. The van der Waals surface area contributed by atoms with Crippen LogP contribution in [-0.4, -0.2) is 38.5 Å². The number of ether oxygens (including phenoxy) is 2. The number of hydrogen-bond acceptors (Lipinski definition) is 8. The van der Waals surface area contributed by atoms with E-state index in [4.69, 9.17) is 44.3 Å². The first-order valence-electron chi connectivity index (χ1n) is 13.4. The normalized spacial score (nSPS) is 16.2. The van der Waals surface area contributed by atoms with Gasteiger partial charge >= 0.3 is 0 Å². The molecule has 0 saturated heterocycles. The molecular formula is C32H26BCl3O8. The van der Waals surface area contributed by atoms with Crippen molar-refractivity contribution in [2.45, 2.75) is 25.7 Å². The van der Waals surface area contributed by atoms with E-state index in [1.54, 1.807) is 26.1 Å². The Kier molecular flexibility index (Phi) is 9.01. The number of aromatic hydroxyl groups is 6. The zero-order valence-corrected chi connectivity index (χ0v) is 25.5. The van der Waals surface area contributed by atoms with Crippen molar-refractivity contribution in [1.82, 2.24) is 0 Å². The number of allylic oxidation sites excluding steroid dienone is 4. The molecule has 0 saturated carbocycles. The maximum atomic E-state index is 10.7. The van der Waals surface area contributed by atoms with Crippen LogP contribution < -0.4 is 14.9 Å². The molecule has 6 rings (SSSR count). The lowest BCUT2D eigenvalue weighted by Gasteiger charge is -2.17. The van der Waals surface area contributed by atoms with E-state index in [0.717, 1.165) is 6.07 Å². The van der Waals surface area contributed by atoms with Crippen LogP contribution in [0.3, 0.4) is 0 Å². The van der Waals surface area contributed by atoms with E-state index in [1.165, 1.54) is 36.4 Å². The number of benzene rings is 4. The summed E-state index contributed by atoms with van der Waals surface area (Å²) in [6, 6.07) is 11.2. The molecule has 2 aliphatic heterocycles. The monoisotopic (exact) mass is 654 g/mol. The Morgan fingerprint density at radius 3 is 1.75 bits per heavy atom. The quantitative estimate of drug-likeness (QED) is 0.117. The van der Waals surface area contributed by atoms with E-state index in [9.17, 15) is 30.6 Å². The van der Waals surface area contributed by atoms with Crippen molar-refractivity contribution in [2.75, 3.05) is 0 Å². The van der Waals surface area contributed by atoms with Gasteiger partial charge in [-0.2, -0.15) is 0 Å². The summed E-state index contributed by atoms with van der Waals surface area (Å²) >= 11 is 19.4. The van der Waals surface area contributed by atoms with Crippen molar-refractivity contribution in [1.29, 1.82) is 0 Å². The molecule has 226 valence electrons. The molecule has 2 heterocycles. The van der Waals surface area contributed by atoms with Crippen LogP contribution in [-0.2, 0) is 25.7 Å². The molecule has 0 fully saturated rings. The SMILES string of the molecule is Bc1cc(O)c2cc1Oc1c(O)cc(O)cc1C/C(Cl)=C\Cc1cc(c(Cl)cc1O)Oc1c(O)cc(cc1O)C/C(Cl)=C\C2. The van der Waals surface area contributed by atoms with Crippen molar-refractivity contribution in [3.63, 3.8) is 0 Å². The third-order valence-corrected chi connectivity index (χ3v) is 7.86. The second-order valence-electron chi connectivity index (χ2n) is 10.3. The minimum Gasteiger partial charge on any atom is -0.508 e. The van der Waals surface area contributed by atoms with Crippen LogP contribution in [0.4, 0.5) is 0 Å². The molecule has 0 atom stereocenters. The van der Waals surface area contributed by atoms with E-state index in [1.807, 2.05) is 0 Å². The van der Waals surface area contributed by atoms with Gasteiger partial charge in [-0.3, -0.25) is 0 Å². The van der Waals surface area contributed by atoms with Gasteiger partial charge in [0.1, 0.15) is 36.6 Å². The zero-order valence-electron chi connectivity index (χ0n) is 23.2. The summed E-state index contributed by atoms with van der Waals surface area (Å²) in [6.45, 7) is 0. The highest BCUT2D eigenvalue weighted by Crippen LogP contribution is 2.44. The van der Waals surface area contributed by atoms with Crippen LogP contribution >= 0.6 is 34.8 Å². The zero-order chi connectivity index (χ0) is 31.7. The van der Waals surface area contributed by atoms with E-state index < -0.39 is 0 Å². The average Bonchev–Trinajstić information content (AvgIpc) is 2.93. The standard InChI is InChI=1S/C32H26BCl3O8/c33-22-13-24(38)16-1-3-19(34)5-15-6-26(40)32(27(41)7-15)44-30-11-17(25(39)14-23(30)36)2-4-20(35)8-18-9-21(37)12-28(42)31(18)43-29(22)10-16/h3-4,6-7,9-14,37-42H,1-2,5,8,33H2/b19-3+,20-4+. The van der Waals surface area contributed by atoms with Crippen LogP contribution in [0, 0.1) is 0 Å². The summed E-state index contributed by atoms with van der Waals surface area (Å²) in [6.07, 6.45) is 3.83.